The van der Waals surface area contributed by atoms with E-state index in [4.69, 9.17) is 0 Å². The lowest BCUT2D eigenvalue weighted by molar-refractivity contribution is -0.145. The molecule has 1 N–H and O–H groups in total. The number of carboxylic acid groups (broad SMARTS) is 1. The number of ether oxygens (including phenoxy) is 1. The largest absolute Gasteiger partial charge is 0.480 e. The van der Waals surface area contributed by atoms with Gasteiger partial charge in [0.1, 0.15) is 12.6 Å². The molecule has 1 aliphatic heterocycles. The quantitative estimate of drug-likeness (QED) is 0.751. The van der Waals surface area contributed by atoms with E-state index in [0.29, 0.717) is 6.54 Å². The van der Waals surface area contributed by atoms with Gasteiger partial charge in [-0.3, -0.25) is 4.79 Å². The van der Waals surface area contributed by atoms with Gasteiger partial charge < -0.3 is 19.6 Å². The molecule has 1 fully saturated rings. The fourth-order valence-electron chi connectivity index (χ4n) is 2.32. The summed E-state index contributed by atoms with van der Waals surface area (Å²) in [5, 5.41) is 9.23. The van der Waals surface area contributed by atoms with Crippen molar-refractivity contribution in [1.29, 1.82) is 0 Å². The van der Waals surface area contributed by atoms with E-state index in [1.165, 1.54) is 24.0 Å². The molecule has 2 unspecified atom stereocenters. The predicted molar refractivity (Wildman–Crippen MR) is 66.6 cm³/mol. The summed E-state index contributed by atoms with van der Waals surface area (Å²) in [5.41, 5.74) is 0. The molecule has 1 heterocycles. The highest BCUT2D eigenvalue weighted by atomic mass is 16.5. The number of carbonyl (C=O) groups excluding carboxylic acids is 2. The van der Waals surface area contributed by atoms with E-state index in [0.717, 1.165) is 12.8 Å². The van der Waals surface area contributed by atoms with E-state index in [9.17, 15) is 19.5 Å². The lowest BCUT2D eigenvalue weighted by atomic mass is 9.91. The van der Waals surface area contributed by atoms with Crippen molar-refractivity contribution < 1.29 is 24.2 Å². The number of methoxy groups -OCH3 is 1. The van der Waals surface area contributed by atoms with Gasteiger partial charge in [0, 0.05) is 13.6 Å². The zero-order valence-corrected chi connectivity index (χ0v) is 11.5. The summed E-state index contributed by atoms with van der Waals surface area (Å²) in [7, 11) is 2.70. The zero-order chi connectivity index (χ0) is 14.6. The first-order valence-electron chi connectivity index (χ1n) is 6.19. The van der Waals surface area contributed by atoms with Crippen LogP contribution in [0, 0.1) is 5.92 Å². The molecule has 7 nitrogen and oxygen atoms in total. The first-order chi connectivity index (χ1) is 8.88. The van der Waals surface area contributed by atoms with Crippen LogP contribution in [0.15, 0.2) is 0 Å². The van der Waals surface area contributed by atoms with Gasteiger partial charge in [-0.15, -0.1) is 0 Å². The van der Waals surface area contributed by atoms with Crippen LogP contribution in [0.4, 0.5) is 4.79 Å². The standard InChI is InChI=1S/C12H20N2O5/c1-8-5-4-6-14(10(8)11(16)17)12(18)13(2)7-9(15)19-3/h8,10H,4-7H2,1-3H3,(H,16,17). The summed E-state index contributed by atoms with van der Waals surface area (Å²) in [4.78, 5) is 37.1. The van der Waals surface area contributed by atoms with Crippen molar-refractivity contribution in [3.63, 3.8) is 0 Å². The molecule has 1 aliphatic rings. The highest BCUT2D eigenvalue weighted by Crippen LogP contribution is 2.24. The van der Waals surface area contributed by atoms with E-state index >= 15 is 0 Å². The van der Waals surface area contributed by atoms with Crippen molar-refractivity contribution in [2.24, 2.45) is 5.92 Å². The Kier molecular flexibility index (Phi) is 5.14. The molecule has 0 bridgehead atoms. The second-order valence-electron chi connectivity index (χ2n) is 4.81. The van der Waals surface area contributed by atoms with Crippen LogP contribution in [0.3, 0.4) is 0 Å². The molecular formula is C12H20N2O5. The van der Waals surface area contributed by atoms with Crippen LogP contribution in [0.1, 0.15) is 19.8 Å². The molecule has 1 rings (SSSR count). The van der Waals surface area contributed by atoms with Crippen molar-refractivity contribution in [2.75, 3.05) is 27.2 Å². The Morgan fingerprint density at radius 1 is 1.42 bits per heavy atom. The van der Waals surface area contributed by atoms with Crippen LogP contribution in [-0.2, 0) is 14.3 Å². The number of rotatable bonds is 3. The Morgan fingerprint density at radius 3 is 2.58 bits per heavy atom. The number of carbonyl (C=O) groups is 3. The monoisotopic (exact) mass is 272 g/mol. The van der Waals surface area contributed by atoms with Gasteiger partial charge in [-0.1, -0.05) is 6.92 Å². The molecule has 0 aromatic heterocycles. The molecule has 108 valence electrons. The van der Waals surface area contributed by atoms with Crippen LogP contribution in [-0.4, -0.2) is 66.2 Å². The topological polar surface area (TPSA) is 87.2 Å². The molecule has 0 aromatic carbocycles. The number of esters is 1. The van der Waals surface area contributed by atoms with Crippen LogP contribution in [0.5, 0.6) is 0 Å². The number of carboxylic acids is 1. The number of nitrogens with zero attached hydrogens (tertiary/aromatic N) is 2. The Hall–Kier alpha value is -1.79. The third-order valence-corrected chi connectivity index (χ3v) is 3.35. The SMILES string of the molecule is COC(=O)CN(C)C(=O)N1CCCC(C)C1C(=O)O. The molecule has 0 aromatic rings. The van der Waals surface area contributed by atoms with Crippen molar-refractivity contribution in [1.82, 2.24) is 9.80 Å². The third kappa shape index (κ3) is 3.59. The normalized spacial score (nSPS) is 22.8. The zero-order valence-electron chi connectivity index (χ0n) is 11.5. The highest BCUT2D eigenvalue weighted by Gasteiger charge is 2.38. The third-order valence-electron chi connectivity index (χ3n) is 3.35. The van der Waals surface area contributed by atoms with Crippen molar-refractivity contribution in [3.8, 4) is 0 Å². The minimum atomic E-state index is -1.01. The number of hydrogen-bond donors (Lipinski definition) is 1. The number of likely N-dealkylation sites (tertiary alicyclic amines) is 1. The molecule has 1 saturated heterocycles. The molecule has 19 heavy (non-hydrogen) atoms. The first kappa shape index (κ1) is 15.3. The second kappa shape index (κ2) is 6.40. The van der Waals surface area contributed by atoms with Gasteiger partial charge in [-0.25, -0.2) is 9.59 Å². The molecule has 2 atom stereocenters. The molecule has 2 amide bonds. The van der Waals surface area contributed by atoms with E-state index in [2.05, 4.69) is 4.74 Å². The molecule has 0 aliphatic carbocycles. The van der Waals surface area contributed by atoms with Gasteiger partial charge in [-0.2, -0.15) is 0 Å². The molecule has 0 spiro atoms. The number of amides is 2. The number of urea groups is 1. The van der Waals surface area contributed by atoms with Gasteiger partial charge in [0.15, 0.2) is 0 Å². The summed E-state index contributed by atoms with van der Waals surface area (Å²) in [5.74, 6) is -1.64. The molecule has 0 saturated carbocycles. The maximum Gasteiger partial charge on any atom is 0.326 e. The first-order valence-corrected chi connectivity index (χ1v) is 6.19. The van der Waals surface area contributed by atoms with Gasteiger partial charge in [-0.05, 0) is 18.8 Å². The predicted octanol–water partition coefficient (Wildman–Crippen LogP) is 0.396. The average molecular weight is 272 g/mol. The fraction of sp³-hybridized carbons (Fsp3) is 0.750. The van der Waals surface area contributed by atoms with Gasteiger partial charge in [0.05, 0.1) is 7.11 Å². The lowest BCUT2D eigenvalue weighted by Crippen LogP contribution is -2.55. The van der Waals surface area contributed by atoms with Gasteiger partial charge >= 0.3 is 18.0 Å². The lowest BCUT2D eigenvalue weighted by Gasteiger charge is -2.38. The van der Waals surface area contributed by atoms with Crippen LogP contribution in [0.2, 0.25) is 0 Å². The Morgan fingerprint density at radius 2 is 2.05 bits per heavy atom. The molecule has 7 heteroatoms. The minimum Gasteiger partial charge on any atom is -0.480 e. The summed E-state index contributed by atoms with van der Waals surface area (Å²) in [6.07, 6.45) is 1.55. The average Bonchev–Trinajstić information content (AvgIpc) is 2.36. The smallest absolute Gasteiger partial charge is 0.326 e. The number of piperidine rings is 1. The van der Waals surface area contributed by atoms with Crippen LogP contribution in [0.25, 0.3) is 0 Å². The minimum absolute atomic E-state index is 0.0956. The summed E-state index contributed by atoms with van der Waals surface area (Å²) < 4.78 is 4.49. The van der Waals surface area contributed by atoms with E-state index < -0.39 is 24.0 Å². The van der Waals surface area contributed by atoms with Gasteiger partial charge in [0.2, 0.25) is 0 Å². The summed E-state index contributed by atoms with van der Waals surface area (Å²) in [6, 6.07) is -1.29. The Balaban J connectivity index is 2.77. The van der Waals surface area contributed by atoms with Crippen molar-refractivity contribution >= 4 is 18.0 Å². The Labute approximate surface area is 112 Å². The van der Waals surface area contributed by atoms with Crippen molar-refractivity contribution in [2.45, 2.75) is 25.8 Å². The van der Waals surface area contributed by atoms with E-state index in [1.54, 1.807) is 0 Å². The molecular weight excluding hydrogens is 252 g/mol. The van der Waals surface area contributed by atoms with Crippen LogP contribution < -0.4 is 0 Å². The second-order valence-corrected chi connectivity index (χ2v) is 4.81. The maximum atomic E-state index is 12.2. The van der Waals surface area contributed by atoms with E-state index in [1.807, 2.05) is 6.92 Å². The summed E-state index contributed by atoms with van der Waals surface area (Å²) in [6.45, 7) is 2.02. The number of likely N-dealkylation sites (N-methyl/N-ethyl adjacent to an activating group) is 1. The van der Waals surface area contributed by atoms with Crippen LogP contribution >= 0.6 is 0 Å². The van der Waals surface area contributed by atoms with E-state index in [-0.39, 0.29) is 12.5 Å². The molecule has 0 radical (unpaired) electrons. The summed E-state index contributed by atoms with van der Waals surface area (Å²) >= 11 is 0. The van der Waals surface area contributed by atoms with Gasteiger partial charge in [0.25, 0.3) is 0 Å². The maximum absolute atomic E-state index is 12.2. The van der Waals surface area contributed by atoms with Crippen molar-refractivity contribution in [3.05, 3.63) is 0 Å². The highest BCUT2D eigenvalue weighted by molar-refractivity contribution is 5.85. The number of aliphatic carboxylic acids is 1. The Bertz CT molecular complexity index is 371. The fourth-order valence-corrected chi connectivity index (χ4v) is 2.32. The number of hydrogen-bond acceptors (Lipinski definition) is 4.